The van der Waals surface area contributed by atoms with Gasteiger partial charge in [0.05, 0.1) is 11.9 Å². The van der Waals surface area contributed by atoms with Gasteiger partial charge in [-0.05, 0) is 12.8 Å². The molecule has 2 atom stereocenters. The number of piperidine rings is 1. The van der Waals surface area contributed by atoms with Crippen molar-refractivity contribution in [1.29, 1.82) is 0 Å². The molecule has 140 valence electrons. The van der Waals surface area contributed by atoms with Gasteiger partial charge < -0.3 is 14.6 Å². The molecule has 1 saturated heterocycles. The first-order valence-electron chi connectivity index (χ1n) is 9.10. The quantitative estimate of drug-likeness (QED) is 0.763. The smallest absolute Gasteiger partial charge is 0.214 e. The Labute approximate surface area is 157 Å². The van der Waals surface area contributed by atoms with Crippen LogP contribution in [0.25, 0.3) is 4.96 Å². The number of rotatable bonds is 3. The monoisotopic (exact) mass is 374 g/mol. The third kappa shape index (κ3) is 3.12. The summed E-state index contributed by atoms with van der Waals surface area (Å²) in [6.07, 6.45) is 7.14. The van der Waals surface area contributed by atoms with Crippen LogP contribution in [0.1, 0.15) is 51.2 Å². The minimum absolute atomic E-state index is 0.0238. The Morgan fingerprint density at radius 1 is 1.35 bits per heavy atom. The van der Waals surface area contributed by atoms with E-state index in [0.717, 1.165) is 47.5 Å². The Morgan fingerprint density at radius 3 is 2.81 bits per heavy atom. The molecule has 2 unspecified atom stereocenters. The van der Waals surface area contributed by atoms with Crippen LogP contribution in [0, 0.1) is 5.92 Å². The highest BCUT2D eigenvalue weighted by molar-refractivity contribution is 7.20. The average molecular weight is 375 g/mol. The zero-order chi connectivity index (χ0) is 18.5. The van der Waals surface area contributed by atoms with Crippen LogP contribution in [-0.2, 0) is 12.5 Å². The van der Waals surface area contributed by atoms with E-state index in [0.29, 0.717) is 0 Å². The highest BCUT2D eigenvalue weighted by atomic mass is 32.1. The van der Waals surface area contributed by atoms with Crippen LogP contribution in [0.5, 0.6) is 0 Å². The highest BCUT2D eigenvalue weighted by Gasteiger charge is 2.31. The summed E-state index contributed by atoms with van der Waals surface area (Å²) in [7, 11) is 1.93. The highest BCUT2D eigenvalue weighted by Crippen LogP contribution is 2.33. The van der Waals surface area contributed by atoms with Crippen LogP contribution in [0.15, 0.2) is 18.6 Å². The van der Waals surface area contributed by atoms with E-state index in [-0.39, 0.29) is 11.3 Å². The fourth-order valence-electron chi connectivity index (χ4n) is 3.49. The maximum Gasteiger partial charge on any atom is 0.214 e. The number of hydrogen-bond donors (Lipinski definition) is 1. The Kier molecular flexibility index (Phi) is 4.27. The van der Waals surface area contributed by atoms with Gasteiger partial charge in [0.2, 0.25) is 10.1 Å². The summed E-state index contributed by atoms with van der Waals surface area (Å²) in [6.45, 7) is 8.24. The Balaban J connectivity index is 1.53. The van der Waals surface area contributed by atoms with Gasteiger partial charge in [0, 0.05) is 43.9 Å². The summed E-state index contributed by atoms with van der Waals surface area (Å²) in [5.74, 6) is 0.895. The van der Waals surface area contributed by atoms with E-state index in [4.69, 9.17) is 10.1 Å². The number of aliphatic hydroxyl groups excluding tert-OH is 1. The zero-order valence-corrected chi connectivity index (χ0v) is 16.6. The van der Waals surface area contributed by atoms with E-state index in [1.54, 1.807) is 17.5 Å². The Morgan fingerprint density at radius 2 is 2.15 bits per heavy atom. The number of anilines is 1. The number of nitrogens with zero attached hydrogens (tertiary/aromatic N) is 6. The van der Waals surface area contributed by atoms with Crippen molar-refractivity contribution in [3.8, 4) is 0 Å². The molecule has 0 radical (unpaired) electrons. The van der Waals surface area contributed by atoms with Gasteiger partial charge in [-0.1, -0.05) is 32.1 Å². The molecule has 3 aromatic heterocycles. The number of aryl methyl sites for hydroxylation is 1. The summed E-state index contributed by atoms with van der Waals surface area (Å²) in [6, 6.07) is 0. The molecule has 0 bridgehead atoms. The van der Waals surface area contributed by atoms with Crippen molar-refractivity contribution in [2.45, 2.75) is 45.1 Å². The summed E-state index contributed by atoms with van der Waals surface area (Å²) < 4.78 is 3.79. The number of hydrogen-bond acceptors (Lipinski definition) is 6. The topological polar surface area (TPSA) is 71.5 Å². The van der Waals surface area contributed by atoms with Crippen LogP contribution in [0.3, 0.4) is 0 Å². The van der Waals surface area contributed by atoms with Crippen molar-refractivity contribution >= 4 is 21.4 Å². The predicted octanol–water partition coefficient (Wildman–Crippen LogP) is 2.77. The van der Waals surface area contributed by atoms with Crippen LogP contribution in [0.4, 0.5) is 5.13 Å². The summed E-state index contributed by atoms with van der Waals surface area (Å²) in [5, 5.41) is 16.5. The summed E-state index contributed by atoms with van der Waals surface area (Å²) >= 11 is 1.62. The van der Waals surface area contributed by atoms with Gasteiger partial charge >= 0.3 is 0 Å². The standard InChI is InChI=1S/C18H26N6OS/c1-18(2,3)13-11-24-16(20-13)26-17(21-24)23-8-5-6-12(10-23)14(25)15-19-7-9-22(15)4/h7,9,11-12,14,25H,5-6,8,10H2,1-4H3. The first-order chi connectivity index (χ1) is 12.3. The molecule has 0 aliphatic carbocycles. The third-order valence-corrected chi connectivity index (χ3v) is 6.08. The molecular formula is C18H26N6OS. The zero-order valence-electron chi connectivity index (χ0n) is 15.8. The van der Waals surface area contributed by atoms with E-state index in [1.807, 2.05) is 28.5 Å². The summed E-state index contributed by atoms with van der Waals surface area (Å²) in [4.78, 5) is 12.3. The van der Waals surface area contributed by atoms with Gasteiger partial charge in [-0.25, -0.2) is 14.5 Å². The molecule has 0 saturated carbocycles. The van der Waals surface area contributed by atoms with Gasteiger partial charge in [0.1, 0.15) is 11.9 Å². The minimum Gasteiger partial charge on any atom is -0.385 e. The largest absolute Gasteiger partial charge is 0.385 e. The van der Waals surface area contributed by atoms with E-state index in [2.05, 4.69) is 30.7 Å². The molecule has 1 aliphatic heterocycles. The molecule has 0 aromatic carbocycles. The molecule has 8 heteroatoms. The molecule has 0 spiro atoms. The second-order valence-corrected chi connectivity index (χ2v) is 9.11. The van der Waals surface area contributed by atoms with Gasteiger partial charge in [-0.2, -0.15) is 0 Å². The Hall–Kier alpha value is -1.93. The van der Waals surface area contributed by atoms with Gasteiger partial charge in [0.25, 0.3) is 0 Å². The molecule has 0 amide bonds. The van der Waals surface area contributed by atoms with Crippen LogP contribution >= 0.6 is 11.3 Å². The van der Waals surface area contributed by atoms with Crippen molar-refractivity contribution in [3.63, 3.8) is 0 Å². The van der Waals surface area contributed by atoms with Crippen molar-refractivity contribution in [2.75, 3.05) is 18.0 Å². The van der Waals surface area contributed by atoms with Crippen LogP contribution < -0.4 is 4.90 Å². The van der Waals surface area contributed by atoms with Crippen LogP contribution in [0.2, 0.25) is 0 Å². The fourth-order valence-corrected chi connectivity index (χ4v) is 4.41. The second kappa shape index (κ2) is 6.35. The summed E-state index contributed by atoms with van der Waals surface area (Å²) in [5.41, 5.74) is 1.08. The average Bonchev–Trinajstić information content (AvgIpc) is 3.27. The Bertz CT molecular complexity index is 873. The lowest BCUT2D eigenvalue weighted by Crippen LogP contribution is -2.38. The molecule has 1 fully saturated rings. The van der Waals surface area contributed by atoms with Crippen molar-refractivity contribution < 1.29 is 5.11 Å². The molecular weight excluding hydrogens is 348 g/mol. The molecule has 7 nitrogen and oxygen atoms in total. The molecule has 26 heavy (non-hydrogen) atoms. The maximum absolute atomic E-state index is 10.8. The van der Waals surface area contributed by atoms with E-state index in [9.17, 15) is 5.11 Å². The second-order valence-electron chi connectivity index (χ2n) is 8.18. The fraction of sp³-hybridized carbons (Fsp3) is 0.611. The third-order valence-electron chi connectivity index (χ3n) is 5.10. The lowest BCUT2D eigenvalue weighted by Gasteiger charge is -2.34. The number of fused-ring (bicyclic) bond motifs is 1. The van der Waals surface area contributed by atoms with Crippen molar-refractivity contribution in [1.82, 2.24) is 24.1 Å². The maximum atomic E-state index is 10.8. The van der Waals surface area contributed by atoms with E-state index in [1.165, 1.54) is 0 Å². The number of imidazole rings is 2. The minimum atomic E-state index is -0.547. The molecule has 4 rings (SSSR count). The van der Waals surface area contributed by atoms with Crippen molar-refractivity contribution in [2.24, 2.45) is 13.0 Å². The molecule has 4 heterocycles. The normalized spacial score (nSPS) is 20.0. The van der Waals surface area contributed by atoms with Gasteiger partial charge in [0.15, 0.2) is 0 Å². The van der Waals surface area contributed by atoms with E-state index < -0.39 is 6.10 Å². The SMILES string of the molecule is Cn1ccnc1C(O)C1CCCN(c2nn3cc(C(C)(C)C)nc3s2)C1. The first kappa shape index (κ1) is 17.5. The number of aromatic nitrogens is 5. The molecule has 1 aliphatic rings. The number of aliphatic hydroxyl groups is 1. The van der Waals surface area contributed by atoms with Gasteiger partial charge in [-0.3, -0.25) is 0 Å². The van der Waals surface area contributed by atoms with Crippen molar-refractivity contribution in [3.05, 3.63) is 30.1 Å². The van der Waals surface area contributed by atoms with Gasteiger partial charge in [-0.15, -0.1) is 5.10 Å². The lowest BCUT2D eigenvalue weighted by molar-refractivity contribution is 0.0874. The first-order valence-corrected chi connectivity index (χ1v) is 9.91. The lowest BCUT2D eigenvalue weighted by atomic mass is 9.92. The van der Waals surface area contributed by atoms with E-state index >= 15 is 0 Å². The molecule has 3 aromatic rings. The molecule has 1 N–H and O–H groups in total. The van der Waals surface area contributed by atoms with Crippen LogP contribution in [-0.4, -0.2) is 42.3 Å². The predicted molar refractivity (Wildman–Crippen MR) is 103 cm³/mol.